The van der Waals surface area contributed by atoms with Crippen molar-refractivity contribution in [3.63, 3.8) is 0 Å². The number of imidazole rings is 1. The van der Waals surface area contributed by atoms with Crippen LogP contribution in [-0.4, -0.2) is 43.5 Å². The van der Waals surface area contributed by atoms with E-state index >= 15 is 0 Å². The second-order valence-electron chi connectivity index (χ2n) is 3.65. The van der Waals surface area contributed by atoms with Crippen molar-refractivity contribution >= 4 is 23.5 Å². The summed E-state index contributed by atoms with van der Waals surface area (Å²) < 4.78 is 1.59. The highest BCUT2D eigenvalue weighted by molar-refractivity contribution is 6.28. The smallest absolute Gasteiger partial charge is 0.241 e. The first-order valence-corrected chi connectivity index (χ1v) is 5.91. The van der Waals surface area contributed by atoms with Crippen LogP contribution in [0.5, 0.6) is 0 Å². The minimum atomic E-state index is -0.470. The normalized spacial score (nSPS) is 10.4. The van der Waals surface area contributed by atoms with Gasteiger partial charge in [-0.1, -0.05) is 0 Å². The molecule has 0 spiro atoms. The van der Waals surface area contributed by atoms with Crippen molar-refractivity contribution in [2.45, 2.75) is 6.92 Å². The molecule has 100 valence electrons. The summed E-state index contributed by atoms with van der Waals surface area (Å²) in [6.45, 7) is 2.39. The lowest BCUT2D eigenvalue weighted by Gasteiger charge is -2.19. The number of anilines is 1. The number of hydrogen-bond acceptors (Lipinski definition) is 6. The lowest BCUT2D eigenvalue weighted by molar-refractivity contribution is -0.116. The molecule has 0 fully saturated rings. The van der Waals surface area contributed by atoms with Crippen LogP contribution in [0.3, 0.4) is 0 Å². The van der Waals surface area contributed by atoms with Crippen LogP contribution in [0.4, 0.5) is 5.95 Å². The van der Waals surface area contributed by atoms with E-state index in [0.717, 1.165) is 0 Å². The monoisotopic (exact) mass is 281 g/mol. The summed E-state index contributed by atoms with van der Waals surface area (Å²) >= 11 is 5.87. The van der Waals surface area contributed by atoms with E-state index in [1.54, 1.807) is 28.2 Å². The number of nitrogens with two attached hydrogens (primary N) is 1. The number of rotatable bonds is 5. The summed E-state index contributed by atoms with van der Waals surface area (Å²) in [4.78, 5) is 28.7. The van der Waals surface area contributed by atoms with Crippen LogP contribution in [0.15, 0.2) is 18.7 Å². The molecule has 8 nitrogen and oxygen atoms in total. The summed E-state index contributed by atoms with van der Waals surface area (Å²) in [5, 5.41) is 0.0385. The van der Waals surface area contributed by atoms with Gasteiger partial charge in [-0.2, -0.15) is 15.0 Å². The van der Waals surface area contributed by atoms with Crippen molar-refractivity contribution in [2.75, 3.05) is 18.0 Å². The van der Waals surface area contributed by atoms with Gasteiger partial charge in [0.2, 0.25) is 23.1 Å². The molecule has 0 radical (unpaired) electrons. The second kappa shape index (κ2) is 5.61. The Morgan fingerprint density at radius 3 is 2.84 bits per heavy atom. The van der Waals surface area contributed by atoms with Crippen molar-refractivity contribution in [3.05, 3.63) is 24.0 Å². The lowest BCUT2D eigenvalue weighted by atomic mass is 10.5. The summed E-state index contributed by atoms with van der Waals surface area (Å²) in [6, 6.07) is 0. The molecule has 0 aliphatic heterocycles. The van der Waals surface area contributed by atoms with Gasteiger partial charge in [0.15, 0.2) is 0 Å². The van der Waals surface area contributed by atoms with Crippen LogP contribution < -0.4 is 10.6 Å². The Morgan fingerprint density at radius 2 is 2.26 bits per heavy atom. The molecule has 0 bridgehead atoms. The third-order valence-electron chi connectivity index (χ3n) is 2.33. The summed E-state index contributed by atoms with van der Waals surface area (Å²) in [6.07, 6.45) is 4.82. The number of nitrogens with zero attached hydrogens (tertiary/aromatic N) is 6. The Balaban J connectivity index is 2.38. The van der Waals surface area contributed by atoms with Crippen LogP contribution in [-0.2, 0) is 4.79 Å². The zero-order chi connectivity index (χ0) is 13.8. The first kappa shape index (κ1) is 13.2. The van der Waals surface area contributed by atoms with Gasteiger partial charge in [-0.05, 0) is 18.5 Å². The topological polar surface area (TPSA) is 103 Å². The number of carbonyl (C=O) groups excluding carboxylic acids is 1. The van der Waals surface area contributed by atoms with Gasteiger partial charge in [0.1, 0.15) is 6.33 Å². The van der Waals surface area contributed by atoms with Crippen molar-refractivity contribution in [3.8, 4) is 5.95 Å². The first-order chi connectivity index (χ1) is 9.10. The van der Waals surface area contributed by atoms with E-state index in [1.165, 1.54) is 0 Å². The van der Waals surface area contributed by atoms with E-state index in [4.69, 9.17) is 17.3 Å². The predicted octanol–water partition coefficient (Wildman–Crippen LogP) is 0.0223. The molecule has 19 heavy (non-hydrogen) atoms. The molecular weight excluding hydrogens is 270 g/mol. The molecule has 2 heterocycles. The molecule has 0 aliphatic rings. The van der Waals surface area contributed by atoms with E-state index in [2.05, 4.69) is 19.9 Å². The highest BCUT2D eigenvalue weighted by atomic mass is 35.5. The molecule has 0 aliphatic carbocycles. The van der Waals surface area contributed by atoms with Gasteiger partial charge < -0.3 is 10.6 Å². The van der Waals surface area contributed by atoms with Crippen LogP contribution in [0, 0.1) is 0 Å². The number of halogens is 1. The fourth-order valence-electron chi connectivity index (χ4n) is 1.48. The van der Waals surface area contributed by atoms with Gasteiger partial charge in [-0.25, -0.2) is 4.98 Å². The van der Waals surface area contributed by atoms with Crippen LogP contribution in [0.1, 0.15) is 6.92 Å². The quantitative estimate of drug-likeness (QED) is 0.829. The molecule has 0 saturated heterocycles. The number of likely N-dealkylation sites (N-methyl/N-ethyl adjacent to an activating group) is 1. The molecule has 2 rings (SSSR count). The Bertz CT molecular complexity index is 571. The number of amides is 1. The predicted molar refractivity (Wildman–Crippen MR) is 69.0 cm³/mol. The Morgan fingerprint density at radius 1 is 1.47 bits per heavy atom. The number of carbonyl (C=O) groups is 1. The highest BCUT2D eigenvalue weighted by Crippen LogP contribution is 2.13. The van der Waals surface area contributed by atoms with Gasteiger partial charge >= 0.3 is 0 Å². The molecule has 1 amide bonds. The van der Waals surface area contributed by atoms with Crippen molar-refractivity contribution in [2.24, 2.45) is 5.73 Å². The van der Waals surface area contributed by atoms with Gasteiger partial charge in [0, 0.05) is 18.9 Å². The minimum Gasteiger partial charge on any atom is -0.368 e. The van der Waals surface area contributed by atoms with Crippen LogP contribution in [0.2, 0.25) is 5.28 Å². The van der Waals surface area contributed by atoms with E-state index in [1.807, 2.05) is 6.92 Å². The SMILES string of the molecule is CCN(CC(N)=O)c1nc(Cl)nc(-n2ccnc2)n1. The summed E-state index contributed by atoms with van der Waals surface area (Å²) in [5.41, 5.74) is 5.18. The molecule has 0 aromatic carbocycles. The van der Waals surface area contributed by atoms with Crippen molar-refractivity contribution < 1.29 is 4.79 Å². The van der Waals surface area contributed by atoms with E-state index < -0.39 is 5.91 Å². The van der Waals surface area contributed by atoms with E-state index in [9.17, 15) is 4.79 Å². The molecule has 0 atom stereocenters. The van der Waals surface area contributed by atoms with Crippen LogP contribution >= 0.6 is 11.6 Å². The van der Waals surface area contributed by atoms with Gasteiger partial charge in [0.25, 0.3) is 0 Å². The van der Waals surface area contributed by atoms with Gasteiger partial charge in [-0.15, -0.1) is 0 Å². The maximum absolute atomic E-state index is 11.0. The number of hydrogen-bond donors (Lipinski definition) is 1. The molecular formula is C10H12ClN7O. The zero-order valence-corrected chi connectivity index (χ0v) is 10.9. The number of aromatic nitrogens is 5. The number of primary amides is 1. The van der Waals surface area contributed by atoms with Gasteiger partial charge in [0.05, 0.1) is 6.54 Å². The maximum Gasteiger partial charge on any atom is 0.241 e. The second-order valence-corrected chi connectivity index (χ2v) is 3.99. The average molecular weight is 282 g/mol. The molecule has 9 heteroatoms. The third-order valence-corrected chi connectivity index (χ3v) is 2.50. The fraction of sp³-hybridized carbons (Fsp3) is 0.300. The highest BCUT2D eigenvalue weighted by Gasteiger charge is 2.14. The molecule has 2 N–H and O–H groups in total. The molecule has 2 aromatic heterocycles. The van der Waals surface area contributed by atoms with Crippen LogP contribution in [0.25, 0.3) is 5.95 Å². The standard InChI is InChI=1S/C10H12ClN7O/c1-2-17(5-7(12)19)9-14-8(11)15-10(16-9)18-4-3-13-6-18/h3-4,6H,2,5H2,1H3,(H2,12,19). The van der Waals surface area contributed by atoms with E-state index in [0.29, 0.717) is 18.4 Å². The summed E-state index contributed by atoms with van der Waals surface area (Å²) in [7, 11) is 0. The van der Waals surface area contributed by atoms with E-state index in [-0.39, 0.29) is 11.8 Å². The Labute approximate surface area is 114 Å². The Kier molecular flexibility index (Phi) is 3.91. The Hall–Kier alpha value is -2.22. The largest absolute Gasteiger partial charge is 0.368 e. The fourth-order valence-corrected chi connectivity index (χ4v) is 1.63. The third kappa shape index (κ3) is 3.16. The van der Waals surface area contributed by atoms with Gasteiger partial charge in [-0.3, -0.25) is 9.36 Å². The molecule has 0 saturated carbocycles. The lowest BCUT2D eigenvalue weighted by Crippen LogP contribution is -2.35. The summed E-state index contributed by atoms with van der Waals surface area (Å²) in [5.74, 6) is 0.156. The minimum absolute atomic E-state index is 0.0141. The molecule has 2 aromatic rings. The molecule has 0 unspecified atom stereocenters. The average Bonchev–Trinajstić information content (AvgIpc) is 2.88. The first-order valence-electron chi connectivity index (χ1n) is 5.53. The van der Waals surface area contributed by atoms with Crippen molar-refractivity contribution in [1.82, 2.24) is 24.5 Å². The zero-order valence-electron chi connectivity index (χ0n) is 10.2. The van der Waals surface area contributed by atoms with Crippen molar-refractivity contribution in [1.29, 1.82) is 0 Å². The maximum atomic E-state index is 11.0.